The summed E-state index contributed by atoms with van der Waals surface area (Å²) < 4.78 is 33.2. The predicted octanol–water partition coefficient (Wildman–Crippen LogP) is 3.91. The lowest BCUT2D eigenvalue weighted by atomic mass is 10.1. The van der Waals surface area contributed by atoms with Crippen LogP contribution < -0.4 is 10.5 Å². The molecule has 32 heavy (non-hydrogen) atoms. The monoisotopic (exact) mass is 465 g/mol. The highest BCUT2D eigenvalue weighted by Gasteiger charge is 2.14. The smallest absolute Gasteiger partial charge is 0.304 e. The second-order valence-corrected chi connectivity index (χ2v) is 6.80. The van der Waals surface area contributed by atoms with E-state index in [1.165, 1.54) is 18.3 Å². The van der Waals surface area contributed by atoms with Gasteiger partial charge in [-0.1, -0.05) is 11.6 Å². The van der Waals surface area contributed by atoms with E-state index in [1.807, 2.05) is 0 Å². The maximum absolute atomic E-state index is 14.0. The van der Waals surface area contributed by atoms with Crippen molar-refractivity contribution in [3.8, 4) is 22.9 Å². The van der Waals surface area contributed by atoms with Gasteiger partial charge in [-0.05, 0) is 42.5 Å². The number of pyridine rings is 2. The Kier molecular flexibility index (Phi) is 8.99. The highest BCUT2D eigenvalue weighted by Crippen LogP contribution is 2.27. The number of aromatic nitrogens is 2. The average Bonchev–Trinajstić information content (AvgIpc) is 2.72. The predicted molar refractivity (Wildman–Crippen MR) is 112 cm³/mol. The minimum atomic E-state index is -1.06. The van der Waals surface area contributed by atoms with Gasteiger partial charge in [0, 0.05) is 24.2 Å². The van der Waals surface area contributed by atoms with E-state index in [4.69, 9.17) is 37.1 Å². The maximum atomic E-state index is 14.0. The van der Waals surface area contributed by atoms with Crippen LogP contribution in [0.15, 0.2) is 48.7 Å². The first-order chi connectivity index (χ1) is 15.2. The third-order valence-corrected chi connectivity index (χ3v) is 4.16. The van der Waals surface area contributed by atoms with Gasteiger partial charge < -0.3 is 20.7 Å². The van der Waals surface area contributed by atoms with Crippen molar-refractivity contribution < 1.29 is 33.3 Å². The number of hydrogen-bond acceptors (Lipinski definition) is 6. The van der Waals surface area contributed by atoms with Gasteiger partial charge in [0.1, 0.15) is 11.6 Å². The van der Waals surface area contributed by atoms with Crippen LogP contribution in [0.25, 0.3) is 11.3 Å². The minimum absolute atomic E-state index is 0.00528. The summed E-state index contributed by atoms with van der Waals surface area (Å²) in [7, 11) is 0. The molecule has 4 N–H and O–H groups in total. The molecule has 0 spiro atoms. The highest BCUT2D eigenvalue weighted by molar-refractivity contribution is 6.30. The zero-order chi connectivity index (χ0) is 23.7. The van der Waals surface area contributed by atoms with Crippen LogP contribution in [0.2, 0.25) is 5.02 Å². The van der Waals surface area contributed by atoms with Crippen molar-refractivity contribution in [2.75, 3.05) is 0 Å². The number of rotatable bonds is 7. The Labute approximate surface area is 186 Å². The molecule has 0 saturated heterocycles. The number of carboxylic acids is 1. The van der Waals surface area contributed by atoms with Crippen LogP contribution >= 0.6 is 11.6 Å². The van der Waals surface area contributed by atoms with Gasteiger partial charge in [0.25, 0.3) is 12.4 Å². The molecule has 168 valence electrons. The summed E-state index contributed by atoms with van der Waals surface area (Å²) in [5.74, 6) is -2.18. The van der Waals surface area contributed by atoms with E-state index in [0.717, 1.165) is 6.07 Å². The van der Waals surface area contributed by atoms with E-state index < -0.39 is 23.6 Å². The molecule has 0 aliphatic rings. The van der Waals surface area contributed by atoms with Crippen LogP contribution in [-0.4, -0.2) is 38.7 Å². The van der Waals surface area contributed by atoms with Crippen molar-refractivity contribution in [2.45, 2.75) is 18.9 Å². The van der Waals surface area contributed by atoms with E-state index in [2.05, 4.69) is 9.97 Å². The van der Waals surface area contributed by atoms with E-state index in [0.29, 0.717) is 17.0 Å². The third-order valence-electron chi connectivity index (χ3n) is 3.95. The second kappa shape index (κ2) is 11.7. The Hall–Kier alpha value is -3.63. The molecular weight excluding hydrogens is 448 g/mol. The molecule has 3 aromatic rings. The lowest BCUT2D eigenvalue weighted by molar-refractivity contribution is -0.137. The molecule has 0 amide bonds. The molecule has 2 heterocycles. The quantitative estimate of drug-likeness (QED) is 0.447. The van der Waals surface area contributed by atoms with E-state index >= 15 is 0 Å². The summed E-state index contributed by atoms with van der Waals surface area (Å²) in [6.45, 7) is -0.250. The first kappa shape index (κ1) is 24.6. The fraction of sp³-hybridized carbons (Fsp3) is 0.143. The number of carbonyl (C=O) groups is 2. The maximum Gasteiger partial charge on any atom is 0.304 e. The van der Waals surface area contributed by atoms with Crippen molar-refractivity contribution in [3.05, 3.63) is 71.0 Å². The van der Waals surface area contributed by atoms with E-state index in [9.17, 15) is 13.6 Å². The van der Waals surface area contributed by atoms with Gasteiger partial charge in [0.05, 0.1) is 22.8 Å². The Morgan fingerprint density at radius 1 is 1.19 bits per heavy atom. The Morgan fingerprint density at radius 3 is 2.44 bits per heavy atom. The van der Waals surface area contributed by atoms with Crippen molar-refractivity contribution in [1.82, 2.24) is 9.97 Å². The van der Waals surface area contributed by atoms with Crippen LogP contribution in [-0.2, 0) is 16.0 Å². The Bertz CT molecular complexity index is 1080. The molecule has 1 unspecified atom stereocenters. The molecule has 11 heteroatoms. The zero-order valence-corrected chi connectivity index (χ0v) is 17.2. The number of halogens is 3. The molecule has 0 radical (unpaired) electrons. The summed E-state index contributed by atoms with van der Waals surface area (Å²) in [4.78, 5) is 27.1. The number of carboxylic acid groups (broad SMARTS) is 2. The minimum Gasteiger partial charge on any atom is -0.483 e. The third kappa shape index (κ3) is 7.25. The van der Waals surface area contributed by atoms with Gasteiger partial charge in [0.15, 0.2) is 5.82 Å². The fourth-order valence-electron chi connectivity index (χ4n) is 2.62. The SMILES string of the molecule is NC(CC(=O)O)Cc1nc(-c2ccc(Oc3ncc(Cl)cc3F)cc2)ccc1F.O=CO. The van der Waals surface area contributed by atoms with Crippen LogP contribution in [0.1, 0.15) is 12.1 Å². The zero-order valence-electron chi connectivity index (χ0n) is 16.4. The lowest BCUT2D eigenvalue weighted by Crippen LogP contribution is -2.27. The number of ether oxygens (including phenoxy) is 1. The molecule has 3 rings (SSSR count). The van der Waals surface area contributed by atoms with Crippen molar-refractivity contribution in [2.24, 2.45) is 5.73 Å². The molecule has 1 atom stereocenters. The Morgan fingerprint density at radius 2 is 1.84 bits per heavy atom. The molecule has 0 saturated carbocycles. The van der Waals surface area contributed by atoms with Gasteiger partial charge in [0.2, 0.25) is 0 Å². The summed E-state index contributed by atoms with van der Waals surface area (Å²) in [6, 6.07) is 9.62. The summed E-state index contributed by atoms with van der Waals surface area (Å²) in [6.07, 6.45) is 0.981. The topological polar surface area (TPSA) is 136 Å². The molecule has 0 bridgehead atoms. The summed E-state index contributed by atoms with van der Waals surface area (Å²) >= 11 is 5.66. The first-order valence-electron chi connectivity index (χ1n) is 9.03. The Balaban J connectivity index is 0.00000114. The van der Waals surface area contributed by atoms with E-state index in [-0.39, 0.29) is 35.9 Å². The van der Waals surface area contributed by atoms with Crippen LogP contribution in [0, 0.1) is 11.6 Å². The van der Waals surface area contributed by atoms with Crippen LogP contribution in [0.4, 0.5) is 8.78 Å². The fourth-order valence-corrected chi connectivity index (χ4v) is 2.76. The average molecular weight is 466 g/mol. The van der Waals surface area contributed by atoms with Gasteiger partial charge >= 0.3 is 5.97 Å². The normalized spacial score (nSPS) is 11.1. The molecule has 0 aliphatic carbocycles. The summed E-state index contributed by atoms with van der Waals surface area (Å²) in [5, 5.41) is 15.8. The van der Waals surface area contributed by atoms with Crippen molar-refractivity contribution in [3.63, 3.8) is 0 Å². The largest absolute Gasteiger partial charge is 0.483 e. The van der Waals surface area contributed by atoms with E-state index in [1.54, 1.807) is 24.3 Å². The van der Waals surface area contributed by atoms with Gasteiger partial charge in [-0.2, -0.15) is 0 Å². The lowest BCUT2D eigenvalue weighted by Gasteiger charge is -2.11. The van der Waals surface area contributed by atoms with Gasteiger partial charge in [-0.15, -0.1) is 0 Å². The van der Waals surface area contributed by atoms with Crippen molar-refractivity contribution >= 4 is 24.0 Å². The molecule has 1 aromatic carbocycles. The van der Waals surface area contributed by atoms with Crippen LogP contribution in [0.5, 0.6) is 11.6 Å². The standard InChI is InChI=1S/C20H16ClF2N3O3.CH2O2/c21-12-7-16(23)20(25-10-12)29-14-3-1-11(2-4-14)17-6-5-15(22)18(26-17)8-13(24)9-19(27)28;2-1-3/h1-7,10,13H,8-9,24H2,(H,27,28);1H,(H,2,3). The van der Waals surface area contributed by atoms with Gasteiger partial charge in [-0.25, -0.2) is 18.7 Å². The van der Waals surface area contributed by atoms with Gasteiger partial charge in [-0.3, -0.25) is 9.59 Å². The number of nitrogens with two attached hydrogens (primary N) is 1. The molecule has 0 fully saturated rings. The number of benzene rings is 1. The second-order valence-electron chi connectivity index (χ2n) is 6.36. The number of nitrogens with zero attached hydrogens (tertiary/aromatic N) is 2. The molecule has 2 aromatic heterocycles. The number of aliphatic carboxylic acids is 1. The van der Waals surface area contributed by atoms with Crippen molar-refractivity contribution in [1.29, 1.82) is 0 Å². The molecule has 0 aliphatic heterocycles. The number of hydrogen-bond donors (Lipinski definition) is 3. The first-order valence-corrected chi connectivity index (χ1v) is 9.41. The summed E-state index contributed by atoms with van der Waals surface area (Å²) in [5.41, 5.74) is 6.96. The molecular formula is C21H18ClF2N3O5. The van der Waals surface area contributed by atoms with Crippen LogP contribution in [0.3, 0.4) is 0 Å². The highest BCUT2D eigenvalue weighted by atomic mass is 35.5. The molecule has 8 nitrogen and oxygen atoms in total.